The average molecular weight is 365 g/mol. The number of aryl methyl sites for hydroxylation is 1. The number of thiocarbonyl (C=S) groups is 1. The number of nitrogens with one attached hydrogen (secondary N) is 2. The summed E-state index contributed by atoms with van der Waals surface area (Å²) < 4.78 is 1.90. The second kappa shape index (κ2) is 9.15. The summed E-state index contributed by atoms with van der Waals surface area (Å²) in [5.74, 6) is 0. The molecule has 26 heavy (non-hydrogen) atoms. The molecule has 5 heteroatoms. The summed E-state index contributed by atoms with van der Waals surface area (Å²) in [6.45, 7) is 2.98. The van der Waals surface area contributed by atoms with E-state index >= 15 is 0 Å². The Morgan fingerprint density at radius 1 is 0.962 bits per heavy atom. The van der Waals surface area contributed by atoms with Crippen LogP contribution in [0.15, 0.2) is 67.0 Å². The van der Waals surface area contributed by atoms with E-state index in [0.717, 1.165) is 24.3 Å². The fourth-order valence-corrected chi connectivity index (χ4v) is 2.94. The first kappa shape index (κ1) is 18.1. The highest BCUT2D eigenvalue weighted by Gasteiger charge is 2.01. The molecule has 0 unspecified atom stereocenters. The summed E-state index contributed by atoms with van der Waals surface area (Å²) >= 11 is 5.41. The molecule has 0 atom stereocenters. The molecule has 0 spiro atoms. The molecule has 3 rings (SSSR count). The molecule has 4 nitrogen and oxygen atoms in total. The first-order valence-electron chi connectivity index (χ1n) is 8.96. The fourth-order valence-electron chi connectivity index (χ4n) is 2.70. The van der Waals surface area contributed by atoms with Gasteiger partial charge < -0.3 is 10.6 Å². The van der Waals surface area contributed by atoms with Crippen LogP contribution in [0.5, 0.6) is 0 Å². The van der Waals surface area contributed by atoms with Crippen molar-refractivity contribution in [1.29, 1.82) is 0 Å². The third kappa shape index (κ3) is 5.43. The molecular weight excluding hydrogens is 340 g/mol. The lowest BCUT2D eigenvalue weighted by atomic mass is 10.1. The van der Waals surface area contributed by atoms with Crippen LogP contribution in [-0.4, -0.2) is 14.9 Å². The minimum Gasteiger partial charge on any atom is -0.332 e. The number of nitrogens with zero attached hydrogens (tertiary/aromatic N) is 2. The molecule has 0 amide bonds. The Balaban J connectivity index is 1.51. The van der Waals surface area contributed by atoms with E-state index in [4.69, 9.17) is 12.2 Å². The second-order valence-corrected chi connectivity index (χ2v) is 6.69. The van der Waals surface area contributed by atoms with E-state index in [1.165, 1.54) is 24.0 Å². The first-order chi connectivity index (χ1) is 12.7. The number of benzene rings is 2. The minimum absolute atomic E-state index is 0.589. The van der Waals surface area contributed by atoms with Gasteiger partial charge in [-0.2, -0.15) is 5.10 Å². The van der Waals surface area contributed by atoms with Crippen LogP contribution in [0.2, 0.25) is 0 Å². The molecule has 2 N–H and O–H groups in total. The predicted molar refractivity (Wildman–Crippen MR) is 113 cm³/mol. The van der Waals surface area contributed by atoms with Gasteiger partial charge in [0.1, 0.15) is 0 Å². The van der Waals surface area contributed by atoms with Gasteiger partial charge in [-0.25, -0.2) is 0 Å². The van der Waals surface area contributed by atoms with E-state index in [0.29, 0.717) is 5.11 Å². The van der Waals surface area contributed by atoms with Crippen LogP contribution in [0.25, 0.3) is 0 Å². The summed E-state index contributed by atoms with van der Waals surface area (Å²) in [6.07, 6.45) is 7.32. The molecule has 0 fully saturated rings. The summed E-state index contributed by atoms with van der Waals surface area (Å²) in [4.78, 5) is 0. The molecule has 0 saturated heterocycles. The van der Waals surface area contributed by atoms with Crippen LogP contribution in [0.1, 0.15) is 30.9 Å². The highest BCUT2D eigenvalue weighted by molar-refractivity contribution is 7.80. The number of rotatable bonds is 7. The Labute approximate surface area is 160 Å². The molecule has 0 aliphatic rings. The number of unbranched alkanes of at least 4 members (excludes halogenated alkanes) is 1. The molecule has 1 aromatic heterocycles. The summed E-state index contributed by atoms with van der Waals surface area (Å²) in [5, 5.41) is 11.3. The Morgan fingerprint density at radius 3 is 2.12 bits per heavy atom. The molecule has 1 heterocycles. The lowest BCUT2D eigenvalue weighted by Gasteiger charge is -2.12. The van der Waals surface area contributed by atoms with E-state index in [-0.39, 0.29) is 0 Å². The summed E-state index contributed by atoms with van der Waals surface area (Å²) in [5.41, 5.74) is 4.52. The zero-order chi connectivity index (χ0) is 18.2. The van der Waals surface area contributed by atoms with Gasteiger partial charge in [0.25, 0.3) is 0 Å². The van der Waals surface area contributed by atoms with Gasteiger partial charge in [0.2, 0.25) is 0 Å². The highest BCUT2D eigenvalue weighted by Crippen LogP contribution is 2.14. The zero-order valence-corrected chi connectivity index (χ0v) is 15.8. The number of hydrogen-bond donors (Lipinski definition) is 2. The maximum atomic E-state index is 5.41. The van der Waals surface area contributed by atoms with Crippen molar-refractivity contribution in [2.45, 2.75) is 32.7 Å². The highest BCUT2D eigenvalue weighted by atomic mass is 32.1. The fraction of sp³-hybridized carbons (Fsp3) is 0.238. The van der Waals surface area contributed by atoms with Crippen molar-refractivity contribution < 1.29 is 0 Å². The summed E-state index contributed by atoms with van der Waals surface area (Å²) in [6, 6.07) is 18.6. The van der Waals surface area contributed by atoms with Crippen LogP contribution in [-0.2, 0) is 13.0 Å². The quantitative estimate of drug-likeness (QED) is 0.574. The van der Waals surface area contributed by atoms with Crippen molar-refractivity contribution in [2.75, 3.05) is 10.6 Å². The van der Waals surface area contributed by atoms with Gasteiger partial charge in [-0.05, 0) is 66.5 Å². The van der Waals surface area contributed by atoms with Crippen molar-refractivity contribution in [3.63, 3.8) is 0 Å². The lowest BCUT2D eigenvalue weighted by molar-refractivity contribution is 0.687. The topological polar surface area (TPSA) is 41.9 Å². The predicted octanol–water partition coefficient (Wildman–Crippen LogP) is 5.08. The molecule has 0 saturated carbocycles. The van der Waals surface area contributed by atoms with Crippen molar-refractivity contribution in [3.05, 3.63) is 78.1 Å². The number of aromatic nitrogens is 2. The zero-order valence-electron chi connectivity index (χ0n) is 15.0. The summed E-state index contributed by atoms with van der Waals surface area (Å²) in [7, 11) is 0. The smallest absolute Gasteiger partial charge is 0.175 e. The molecule has 3 aromatic rings. The van der Waals surface area contributed by atoms with Gasteiger partial charge in [0, 0.05) is 23.8 Å². The lowest BCUT2D eigenvalue weighted by Crippen LogP contribution is -2.19. The van der Waals surface area contributed by atoms with Gasteiger partial charge in [0.05, 0.1) is 6.54 Å². The Kier molecular flexibility index (Phi) is 6.39. The van der Waals surface area contributed by atoms with Crippen molar-refractivity contribution in [1.82, 2.24) is 9.78 Å². The normalized spacial score (nSPS) is 10.5. The van der Waals surface area contributed by atoms with Crippen molar-refractivity contribution in [2.24, 2.45) is 0 Å². The number of anilines is 2. The van der Waals surface area contributed by atoms with Crippen LogP contribution in [0, 0.1) is 0 Å². The van der Waals surface area contributed by atoms with Gasteiger partial charge >= 0.3 is 0 Å². The largest absolute Gasteiger partial charge is 0.332 e. The molecule has 0 bridgehead atoms. The maximum absolute atomic E-state index is 5.41. The Hall–Kier alpha value is -2.66. The van der Waals surface area contributed by atoms with Crippen LogP contribution < -0.4 is 10.6 Å². The Morgan fingerprint density at radius 2 is 1.58 bits per heavy atom. The Bertz CT molecular complexity index is 808. The number of hydrogen-bond acceptors (Lipinski definition) is 2. The van der Waals surface area contributed by atoms with E-state index in [2.05, 4.69) is 59.1 Å². The molecule has 0 aliphatic carbocycles. The van der Waals surface area contributed by atoms with E-state index in [9.17, 15) is 0 Å². The van der Waals surface area contributed by atoms with Gasteiger partial charge in [-0.3, -0.25) is 4.68 Å². The van der Waals surface area contributed by atoms with E-state index in [1.807, 2.05) is 29.1 Å². The van der Waals surface area contributed by atoms with Crippen LogP contribution >= 0.6 is 12.2 Å². The molecule has 2 aromatic carbocycles. The third-order valence-electron chi connectivity index (χ3n) is 4.15. The average Bonchev–Trinajstić information content (AvgIpc) is 3.16. The SMILES string of the molecule is CCCCc1ccc(NC(=S)Nc2ccc(Cn3cccn3)cc2)cc1. The van der Waals surface area contributed by atoms with E-state index in [1.54, 1.807) is 6.20 Å². The van der Waals surface area contributed by atoms with Gasteiger partial charge in [-0.1, -0.05) is 37.6 Å². The molecule has 0 radical (unpaired) electrons. The van der Waals surface area contributed by atoms with Gasteiger partial charge in [-0.15, -0.1) is 0 Å². The van der Waals surface area contributed by atoms with Crippen molar-refractivity contribution >= 4 is 28.7 Å². The minimum atomic E-state index is 0.589. The van der Waals surface area contributed by atoms with Crippen LogP contribution in [0.4, 0.5) is 11.4 Å². The van der Waals surface area contributed by atoms with Crippen molar-refractivity contribution in [3.8, 4) is 0 Å². The third-order valence-corrected chi connectivity index (χ3v) is 4.35. The molecule has 134 valence electrons. The maximum Gasteiger partial charge on any atom is 0.175 e. The first-order valence-corrected chi connectivity index (χ1v) is 9.37. The monoisotopic (exact) mass is 364 g/mol. The molecule has 0 aliphatic heterocycles. The standard InChI is InChI=1S/C21H24N4S/c1-2-3-5-17-6-10-19(11-7-17)23-21(26)24-20-12-8-18(9-13-20)16-25-15-4-14-22-25/h4,6-15H,2-3,5,16H2,1H3,(H2,23,24,26). The second-order valence-electron chi connectivity index (χ2n) is 6.28. The van der Waals surface area contributed by atoms with E-state index < -0.39 is 0 Å². The molecular formula is C21H24N4S. The van der Waals surface area contributed by atoms with Gasteiger partial charge in [0.15, 0.2) is 5.11 Å². The van der Waals surface area contributed by atoms with Crippen LogP contribution in [0.3, 0.4) is 0 Å².